The first-order valence-corrected chi connectivity index (χ1v) is 8.55. The van der Waals surface area contributed by atoms with Crippen molar-refractivity contribution in [2.45, 2.75) is 12.7 Å². The smallest absolute Gasteiger partial charge is 0.387 e. The monoisotopic (exact) mass is 377 g/mol. The number of thiophene rings is 1. The summed E-state index contributed by atoms with van der Waals surface area (Å²) in [4.78, 5) is 13.4. The van der Waals surface area contributed by atoms with Gasteiger partial charge in [0.05, 0.1) is 6.04 Å². The number of hydrogen-bond donors (Lipinski definition) is 1. The summed E-state index contributed by atoms with van der Waals surface area (Å²) >= 11 is 1.46. The van der Waals surface area contributed by atoms with Crippen molar-refractivity contribution >= 4 is 17.2 Å². The van der Waals surface area contributed by atoms with E-state index in [2.05, 4.69) is 10.1 Å². The SMILES string of the molecule is O=C(NC(c1ccc(F)cc1)c1cccs1)c1ccc(OC(F)F)cc1. The topological polar surface area (TPSA) is 38.3 Å². The van der Waals surface area contributed by atoms with E-state index in [1.807, 2.05) is 17.5 Å². The van der Waals surface area contributed by atoms with E-state index in [0.29, 0.717) is 5.56 Å². The number of rotatable bonds is 6. The van der Waals surface area contributed by atoms with E-state index in [1.54, 1.807) is 12.1 Å². The van der Waals surface area contributed by atoms with Crippen LogP contribution in [-0.2, 0) is 0 Å². The summed E-state index contributed by atoms with van der Waals surface area (Å²) in [6, 6.07) is 14.6. The van der Waals surface area contributed by atoms with Crippen LogP contribution in [0.2, 0.25) is 0 Å². The van der Waals surface area contributed by atoms with Gasteiger partial charge >= 0.3 is 6.61 Å². The quantitative estimate of drug-likeness (QED) is 0.656. The Morgan fingerprint density at radius 2 is 1.69 bits per heavy atom. The summed E-state index contributed by atoms with van der Waals surface area (Å²) in [5.74, 6) is -0.763. The molecule has 0 aliphatic rings. The number of benzene rings is 2. The molecular formula is C19H14F3NO2S. The first-order chi connectivity index (χ1) is 12.5. The molecule has 0 spiro atoms. The van der Waals surface area contributed by atoms with Crippen molar-refractivity contribution in [3.05, 3.63) is 87.9 Å². The van der Waals surface area contributed by atoms with Gasteiger partial charge in [0.1, 0.15) is 11.6 Å². The highest BCUT2D eigenvalue weighted by atomic mass is 32.1. The average Bonchev–Trinajstić information content (AvgIpc) is 3.15. The normalized spacial score (nSPS) is 12.0. The van der Waals surface area contributed by atoms with Gasteiger partial charge in [0.2, 0.25) is 0 Å². The van der Waals surface area contributed by atoms with Gasteiger partial charge in [-0.05, 0) is 53.4 Å². The second-order valence-corrected chi connectivity index (χ2v) is 6.36. The number of amides is 1. The van der Waals surface area contributed by atoms with Crippen LogP contribution in [0, 0.1) is 5.82 Å². The minimum atomic E-state index is -2.92. The standard InChI is InChI=1S/C19H14F3NO2S/c20-14-7-3-12(4-8-14)17(16-2-1-11-26-16)23-18(24)13-5-9-15(10-6-13)25-19(21)22/h1-11,17,19H,(H,23,24). The predicted octanol–water partition coefficient (Wildman–Crippen LogP) is 5.01. The Bertz CT molecular complexity index is 850. The molecule has 0 bridgehead atoms. The van der Waals surface area contributed by atoms with Gasteiger partial charge in [0, 0.05) is 10.4 Å². The molecule has 0 radical (unpaired) electrons. The van der Waals surface area contributed by atoms with E-state index >= 15 is 0 Å². The van der Waals surface area contributed by atoms with E-state index in [1.165, 1.54) is 47.7 Å². The molecule has 1 amide bonds. The summed E-state index contributed by atoms with van der Waals surface area (Å²) in [6.07, 6.45) is 0. The van der Waals surface area contributed by atoms with E-state index in [9.17, 15) is 18.0 Å². The van der Waals surface area contributed by atoms with E-state index in [0.717, 1.165) is 10.4 Å². The van der Waals surface area contributed by atoms with Crippen molar-refractivity contribution in [3.8, 4) is 5.75 Å². The first kappa shape index (κ1) is 18.0. The van der Waals surface area contributed by atoms with Crippen LogP contribution in [0.5, 0.6) is 5.75 Å². The Balaban J connectivity index is 1.80. The summed E-state index contributed by atoms with van der Waals surface area (Å²) < 4.78 is 41.9. The Labute approximate surface area is 152 Å². The zero-order valence-corrected chi connectivity index (χ0v) is 14.2. The lowest BCUT2D eigenvalue weighted by Gasteiger charge is -2.18. The molecule has 1 aromatic heterocycles. The molecule has 26 heavy (non-hydrogen) atoms. The van der Waals surface area contributed by atoms with Crippen LogP contribution in [0.4, 0.5) is 13.2 Å². The molecule has 3 aromatic rings. The lowest BCUT2D eigenvalue weighted by Crippen LogP contribution is -2.28. The van der Waals surface area contributed by atoms with Crippen molar-refractivity contribution in [2.24, 2.45) is 0 Å². The summed E-state index contributed by atoms with van der Waals surface area (Å²) in [6.45, 7) is -2.92. The van der Waals surface area contributed by atoms with Crippen LogP contribution < -0.4 is 10.1 Å². The fourth-order valence-corrected chi connectivity index (χ4v) is 3.23. The summed E-state index contributed by atoms with van der Waals surface area (Å²) in [5.41, 5.74) is 1.04. The van der Waals surface area contributed by atoms with Crippen LogP contribution in [-0.4, -0.2) is 12.5 Å². The predicted molar refractivity (Wildman–Crippen MR) is 93.1 cm³/mol. The van der Waals surface area contributed by atoms with Crippen molar-refractivity contribution in [3.63, 3.8) is 0 Å². The third kappa shape index (κ3) is 4.43. The number of alkyl halides is 2. The van der Waals surface area contributed by atoms with Crippen molar-refractivity contribution in [1.29, 1.82) is 0 Å². The fourth-order valence-electron chi connectivity index (χ4n) is 2.43. The third-order valence-electron chi connectivity index (χ3n) is 3.65. The number of hydrogen-bond acceptors (Lipinski definition) is 3. The average molecular weight is 377 g/mol. The molecule has 7 heteroatoms. The van der Waals surface area contributed by atoms with Crippen LogP contribution in [0.1, 0.15) is 26.8 Å². The Hall–Kier alpha value is -2.80. The molecule has 0 fully saturated rings. The molecule has 134 valence electrons. The number of ether oxygens (including phenoxy) is 1. The molecule has 3 nitrogen and oxygen atoms in total. The highest BCUT2D eigenvalue weighted by molar-refractivity contribution is 7.10. The van der Waals surface area contributed by atoms with Gasteiger partial charge in [-0.2, -0.15) is 8.78 Å². The van der Waals surface area contributed by atoms with Crippen molar-refractivity contribution < 1.29 is 22.7 Å². The highest BCUT2D eigenvalue weighted by Crippen LogP contribution is 2.27. The van der Waals surface area contributed by atoms with Crippen LogP contribution >= 0.6 is 11.3 Å². The first-order valence-electron chi connectivity index (χ1n) is 7.67. The van der Waals surface area contributed by atoms with E-state index in [4.69, 9.17) is 0 Å². The van der Waals surface area contributed by atoms with Crippen LogP contribution in [0.3, 0.4) is 0 Å². The molecule has 1 unspecified atom stereocenters. The van der Waals surface area contributed by atoms with E-state index < -0.39 is 12.7 Å². The van der Waals surface area contributed by atoms with Gasteiger partial charge in [0.25, 0.3) is 5.91 Å². The second-order valence-electron chi connectivity index (χ2n) is 5.38. The maximum Gasteiger partial charge on any atom is 0.387 e. The Kier molecular flexibility index (Phi) is 5.58. The van der Waals surface area contributed by atoms with Gasteiger partial charge < -0.3 is 10.1 Å². The lowest BCUT2D eigenvalue weighted by atomic mass is 10.0. The maximum absolute atomic E-state index is 13.2. The van der Waals surface area contributed by atoms with Crippen LogP contribution in [0.25, 0.3) is 0 Å². The number of nitrogens with one attached hydrogen (secondary N) is 1. The molecular weight excluding hydrogens is 363 g/mol. The van der Waals surface area contributed by atoms with Gasteiger partial charge in [0.15, 0.2) is 0 Å². The Morgan fingerprint density at radius 3 is 2.27 bits per heavy atom. The van der Waals surface area contributed by atoms with Gasteiger partial charge in [-0.15, -0.1) is 11.3 Å². The highest BCUT2D eigenvalue weighted by Gasteiger charge is 2.19. The van der Waals surface area contributed by atoms with Gasteiger partial charge in [-0.1, -0.05) is 18.2 Å². The lowest BCUT2D eigenvalue weighted by molar-refractivity contribution is -0.0498. The summed E-state index contributed by atoms with van der Waals surface area (Å²) in [5, 5.41) is 4.78. The molecule has 0 saturated heterocycles. The molecule has 0 aliphatic carbocycles. The van der Waals surface area contributed by atoms with Crippen LogP contribution in [0.15, 0.2) is 66.0 Å². The van der Waals surface area contributed by atoms with Crippen molar-refractivity contribution in [2.75, 3.05) is 0 Å². The number of carbonyl (C=O) groups excluding carboxylic acids is 1. The molecule has 2 aromatic carbocycles. The Morgan fingerprint density at radius 1 is 1.00 bits per heavy atom. The fraction of sp³-hybridized carbons (Fsp3) is 0.105. The van der Waals surface area contributed by atoms with Gasteiger partial charge in [-0.25, -0.2) is 4.39 Å². The number of carbonyl (C=O) groups is 1. The zero-order valence-electron chi connectivity index (χ0n) is 13.4. The second kappa shape index (κ2) is 8.05. The van der Waals surface area contributed by atoms with Crippen molar-refractivity contribution in [1.82, 2.24) is 5.32 Å². The zero-order chi connectivity index (χ0) is 18.5. The minimum Gasteiger partial charge on any atom is -0.435 e. The summed E-state index contributed by atoms with van der Waals surface area (Å²) in [7, 11) is 0. The molecule has 0 aliphatic heterocycles. The van der Waals surface area contributed by atoms with Gasteiger partial charge in [-0.3, -0.25) is 4.79 Å². The third-order valence-corrected chi connectivity index (χ3v) is 4.59. The number of halogens is 3. The molecule has 1 atom stereocenters. The molecule has 1 N–H and O–H groups in total. The largest absolute Gasteiger partial charge is 0.435 e. The maximum atomic E-state index is 13.2. The molecule has 3 rings (SSSR count). The van der Waals surface area contributed by atoms with E-state index in [-0.39, 0.29) is 17.5 Å². The minimum absolute atomic E-state index is 0.0232. The molecule has 0 saturated carbocycles. The molecule has 1 heterocycles.